The fraction of sp³-hybridized carbons (Fsp3) is 0.200. The van der Waals surface area contributed by atoms with E-state index in [2.05, 4.69) is 19.7 Å². The van der Waals surface area contributed by atoms with Crippen LogP contribution in [0.1, 0.15) is 17.1 Å². The second kappa shape index (κ2) is 7.74. The lowest BCUT2D eigenvalue weighted by Crippen LogP contribution is -2.29. The number of hydrogen-bond acceptors (Lipinski definition) is 5. The SMILES string of the molecule is Cn1c(=O)[nH]c(=O)c2c1nc(Cc1cccc(OC(F)(F)F)c1)n2Cc1ccccn1. The molecule has 0 atom stereocenters. The minimum absolute atomic E-state index is 0.101. The lowest BCUT2D eigenvalue weighted by atomic mass is 10.1. The van der Waals surface area contributed by atoms with Crippen LogP contribution in [0.15, 0.2) is 58.3 Å². The van der Waals surface area contributed by atoms with Gasteiger partial charge in [-0.25, -0.2) is 9.78 Å². The molecule has 4 rings (SSSR count). The van der Waals surface area contributed by atoms with Crippen molar-refractivity contribution in [2.75, 3.05) is 0 Å². The summed E-state index contributed by atoms with van der Waals surface area (Å²) in [6.07, 6.45) is -3.10. The van der Waals surface area contributed by atoms with Gasteiger partial charge in [0.05, 0.1) is 12.2 Å². The highest BCUT2D eigenvalue weighted by molar-refractivity contribution is 5.71. The average Bonchev–Trinajstić information content (AvgIpc) is 3.04. The summed E-state index contributed by atoms with van der Waals surface area (Å²) in [6, 6.07) is 10.8. The zero-order valence-electron chi connectivity index (χ0n) is 16.2. The summed E-state index contributed by atoms with van der Waals surface area (Å²) in [5, 5.41) is 0. The third-order valence-electron chi connectivity index (χ3n) is 4.63. The predicted octanol–water partition coefficient (Wildman–Crippen LogP) is 2.36. The van der Waals surface area contributed by atoms with Crippen LogP contribution in [0, 0.1) is 0 Å². The zero-order valence-corrected chi connectivity index (χ0v) is 16.2. The first-order valence-electron chi connectivity index (χ1n) is 9.14. The van der Waals surface area contributed by atoms with Gasteiger partial charge in [0, 0.05) is 19.7 Å². The van der Waals surface area contributed by atoms with Crippen LogP contribution in [0.4, 0.5) is 13.2 Å². The molecule has 0 saturated heterocycles. The van der Waals surface area contributed by atoms with Crippen LogP contribution in [0.3, 0.4) is 0 Å². The molecular formula is C20H16F3N5O3. The fourth-order valence-corrected chi connectivity index (χ4v) is 3.27. The Labute approximate surface area is 172 Å². The first-order valence-corrected chi connectivity index (χ1v) is 9.14. The number of aryl methyl sites for hydroxylation is 1. The highest BCUT2D eigenvalue weighted by atomic mass is 19.4. The summed E-state index contributed by atoms with van der Waals surface area (Å²) in [5.41, 5.74) is 0.244. The van der Waals surface area contributed by atoms with E-state index in [4.69, 9.17) is 0 Å². The second-order valence-electron chi connectivity index (χ2n) is 6.80. The largest absolute Gasteiger partial charge is 0.573 e. The monoisotopic (exact) mass is 431 g/mol. The molecule has 3 aromatic heterocycles. The molecule has 0 spiro atoms. The Morgan fingerprint density at radius 3 is 2.65 bits per heavy atom. The Hall–Kier alpha value is -3.89. The van der Waals surface area contributed by atoms with E-state index in [-0.39, 0.29) is 29.9 Å². The van der Waals surface area contributed by atoms with E-state index in [0.29, 0.717) is 17.1 Å². The molecule has 0 unspecified atom stereocenters. The third kappa shape index (κ3) is 4.34. The number of aromatic nitrogens is 5. The smallest absolute Gasteiger partial charge is 0.406 e. The number of fused-ring (bicyclic) bond motifs is 1. The zero-order chi connectivity index (χ0) is 22.2. The average molecular weight is 431 g/mol. The Morgan fingerprint density at radius 2 is 1.94 bits per heavy atom. The van der Waals surface area contributed by atoms with Crippen molar-refractivity contribution in [2.24, 2.45) is 7.05 Å². The van der Waals surface area contributed by atoms with Crippen LogP contribution in [0.25, 0.3) is 11.2 Å². The Bertz CT molecular complexity index is 1360. The molecule has 8 nitrogen and oxygen atoms in total. The van der Waals surface area contributed by atoms with Gasteiger partial charge in [0.1, 0.15) is 11.6 Å². The van der Waals surface area contributed by atoms with Crippen molar-refractivity contribution in [1.82, 2.24) is 24.1 Å². The van der Waals surface area contributed by atoms with Gasteiger partial charge in [0.25, 0.3) is 5.56 Å². The molecule has 160 valence electrons. The number of pyridine rings is 1. The highest BCUT2D eigenvalue weighted by Crippen LogP contribution is 2.25. The Balaban J connectivity index is 1.82. The summed E-state index contributed by atoms with van der Waals surface area (Å²) >= 11 is 0. The first kappa shape index (κ1) is 20.4. The quantitative estimate of drug-likeness (QED) is 0.524. The molecule has 0 aliphatic rings. The van der Waals surface area contributed by atoms with Crippen LogP contribution < -0.4 is 16.0 Å². The number of imidazole rings is 1. The molecule has 0 amide bonds. The molecule has 31 heavy (non-hydrogen) atoms. The van der Waals surface area contributed by atoms with Crippen LogP contribution in [-0.4, -0.2) is 30.4 Å². The molecule has 1 N–H and O–H groups in total. The number of benzene rings is 1. The molecule has 0 fully saturated rings. The lowest BCUT2D eigenvalue weighted by Gasteiger charge is -2.11. The van der Waals surface area contributed by atoms with Crippen LogP contribution >= 0.6 is 0 Å². The lowest BCUT2D eigenvalue weighted by molar-refractivity contribution is -0.274. The molecule has 1 aromatic carbocycles. The topological polar surface area (TPSA) is 94.8 Å². The minimum atomic E-state index is -4.81. The fourth-order valence-electron chi connectivity index (χ4n) is 3.27. The van der Waals surface area contributed by atoms with Gasteiger partial charge in [-0.3, -0.25) is 19.3 Å². The molecule has 11 heteroatoms. The number of nitrogens with zero attached hydrogens (tertiary/aromatic N) is 4. The first-order chi connectivity index (χ1) is 14.7. The van der Waals surface area contributed by atoms with Crippen molar-refractivity contribution in [3.05, 3.63) is 86.6 Å². The van der Waals surface area contributed by atoms with E-state index in [0.717, 1.165) is 0 Å². The molecule has 0 saturated carbocycles. The van der Waals surface area contributed by atoms with Gasteiger partial charge in [-0.1, -0.05) is 18.2 Å². The predicted molar refractivity (Wildman–Crippen MR) is 105 cm³/mol. The normalized spacial score (nSPS) is 11.7. The Morgan fingerprint density at radius 1 is 1.13 bits per heavy atom. The van der Waals surface area contributed by atoms with Gasteiger partial charge in [-0.2, -0.15) is 0 Å². The molecule has 0 aliphatic carbocycles. The molecule has 0 radical (unpaired) electrons. The van der Waals surface area contributed by atoms with Crippen molar-refractivity contribution >= 4 is 11.2 Å². The van der Waals surface area contributed by atoms with Crippen molar-refractivity contribution in [2.45, 2.75) is 19.3 Å². The molecular weight excluding hydrogens is 415 g/mol. The number of alkyl halides is 3. The van der Waals surface area contributed by atoms with Crippen LogP contribution in [0.2, 0.25) is 0 Å². The van der Waals surface area contributed by atoms with E-state index in [9.17, 15) is 22.8 Å². The number of ether oxygens (including phenoxy) is 1. The summed E-state index contributed by atoms with van der Waals surface area (Å²) in [6.45, 7) is 0.187. The second-order valence-corrected chi connectivity index (χ2v) is 6.80. The maximum absolute atomic E-state index is 12.6. The summed E-state index contributed by atoms with van der Waals surface area (Å²) in [7, 11) is 1.47. The number of halogens is 3. The molecule has 3 heterocycles. The summed E-state index contributed by atoms with van der Waals surface area (Å²) in [5.74, 6) is 0.0270. The Kier molecular flexibility index (Phi) is 5.09. The van der Waals surface area contributed by atoms with E-state index < -0.39 is 17.6 Å². The molecule has 0 aliphatic heterocycles. The van der Waals surface area contributed by atoms with E-state index >= 15 is 0 Å². The van der Waals surface area contributed by atoms with Gasteiger partial charge >= 0.3 is 12.1 Å². The summed E-state index contributed by atoms with van der Waals surface area (Å²) < 4.78 is 44.5. The van der Waals surface area contributed by atoms with Gasteiger partial charge in [0.15, 0.2) is 11.2 Å². The minimum Gasteiger partial charge on any atom is -0.406 e. The van der Waals surface area contributed by atoms with Gasteiger partial charge < -0.3 is 9.30 Å². The van der Waals surface area contributed by atoms with E-state index in [1.807, 2.05) is 0 Å². The highest BCUT2D eigenvalue weighted by Gasteiger charge is 2.31. The number of nitrogens with one attached hydrogen (secondary N) is 1. The van der Waals surface area contributed by atoms with Crippen molar-refractivity contribution < 1.29 is 17.9 Å². The number of aromatic amines is 1. The molecule has 4 aromatic rings. The van der Waals surface area contributed by atoms with E-state index in [1.54, 1.807) is 35.0 Å². The van der Waals surface area contributed by atoms with Crippen LogP contribution in [0.5, 0.6) is 5.75 Å². The molecule has 0 bridgehead atoms. The van der Waals surface area contributed by atoms with Crippen molar-refractivity contribution in [3.63, 3.8) is 0 Å². The summed E-state index contributed by atoms with van der Waals surface area (Å²) in [4.78, 5) is 35.5. The van der Waals surface area contributed by atoms with Crippen molar-refractivity contribution in [1.29, 1.82) is 0 Å². The number of hydrogen-bond donors (Lipinski definition) is 1. The maximum Gasteiger partial charge on any atom is 0.573 e. The van der Waals surface area contributed by atoms with Gasteiger partial charge in [-0.15, -0.1) is 13.2 Å². The van der Waals surface area contributed by atoms with E-state index in [1.165, 1.54) is 29.8 Å². The number of H-pyrrole nitrogens is 1. The van der Waals surface area contributed by atoms with Gasteiger partial charge in [-0.05, 0) is 29.8 Å². The van der Waals surface area contributed by atoms with Crippen LogP contribution in [-0.2, 0) is 20.0 Å². The van der Waals surface area contributed by atoms with Gasteiger partial charge in [0.2, 0.25) is 0 Å². The third-order valence-corrected chi connectivity index (χ3v) is 4.63. The number of rotatable bonds is 5. The standard InChI is InChI=1S/C20H16F3N5O3/c1-27-17-16(18(29)26-19(27)30)28(11-13-6-2-3-8-24-13)15(25-17)10-12-5-4-7-14(9-12)31-20(21,22)23/h2-9H,10-11H2,1H3,(H,26,29,30). The van der Waals surface area contributed by atoms with Crippen molar-refractivity contribution in [3.8, 4) is 5.75 Å². The maximum atomic E-state index is 12.6.